The van der Waals surface area contributed by atoms with Crippen molar-refractivity contribution in [3.63, 3.8) is 0 Å². The number of guanidine groups is 1. The van der Waals surface area contributed by atoms with Crippen LogP contribution in [0.3, 0.4) is 0 Å². The van der Waals surface area contributed by atoms with Crippen LogP contribution in [0.2, 0.25) is 0 Å². The summed E-state index contributed by atoms with van der Waals surface area (Å²) in [4.78, 5) is 11.6. The van der Waals surface area contributed by atoms with Gasteiger partial charge in [0.15, 0.2) is 11.7 Å². The zero-order valence-electron chi connectivity index (χ0n) is 13.0. The summed E-state index contributed by atoms with van der Waals surface area (Å²) in [5.41, 5.74) is 0.0505. The molecule has 2 rings (SSSR count). The molecule has 2 aromatic rings. The molecule has 0 radical (unpaired) electrons. The van der Waals surface area contributed by atoms with E-state index in [2.05, 4.69) is 25.6 Å². The van der Waals surface area contributed by atoms with Crippen molar-refractivity contribution in [2.75, 3.05) is 14.2 Å². The zero-order chi connectivity index (χ0) is 17.6. The molecule has 10 heteroatoms. The summed E-state index contributed by atoms with van der Waals surface area (Å²) in [7, 11) is 3.11. The van der Waals surface area contributed by atoms with Gasteiger partial charge in [0, 0.05) is 31.2 Å². The van der Waals surface area contributed by atoms with Crippen molar-refractivity contribution in [2.45, 2.75) is 19.3 Å². The van der Waals surface area contributed by atoms with Gasteiger partial charge >= 0.3 is 6.18 Å². The third-order valence-electron chi connectivity index (χ3n) is 2.94. The van der Waals surface area contributed by atoms with Crippen molar-refractivity contribution >= 4 is 17.3 Å². The van der Waals surface area contributed by atoms with E-state index in [1.165, 1.54) is 7.11 Å². The van der Waals surface area contributed by atoms with E-state index in [0.717, 1.165) is 22.3 Å². The molecule has 6 nitrogen and oxygen atoms in total. The monoisotopic (exact) mass is 359 g/mol. The van der Waals surface area contributed by atoms with Crippen LogP contribution in [-0.4, -0.2) is 30.1 Å². The van der Waals surface area contributed by atoms with E-state index in [9.17, 15) is 13.2 Å². The van der Waals surface area contributed by atoms with Gasteiger partial charge in [-0.25, -0.2) is 9.97 Å². The van der Waals surface area contributed by atoms with Crippen molar-refractivity contribution < 1.29 is 17.9 Å². The predicted molar refractivity (Wildman–Crippen MR) is 84.9 cm³/mol. The highest BCUT2D eigenvalue weighted by atomic mass is 32.1. The van der Waals surface area contributed by atoms with Crippen molar-refractivity contribution in [3.05, 3.63) is 40.0 Å². The third-order valence-corrected chi connectivity index (χ3v) is 3.79. The number of rotatable bonds is 5. The van der Waals surface area contributed by atoms with Gasteiger partial charge in [0.2, 0.25) is 5.88 Å². The Hall–Kier alpha value is -2.36. The first-order valence-corrected chi connectivity index (χ1v) is 7.75. The lowest BCUT2D eigenvalue weighted by Crippen LogP contribution is -2.36. The first-order chi connectivity index (χ1) is 11.4. The van der Waals surface area contributed by atoms with E-state index in [1.807, 2.05) is 6.07 Å². The van der Waals surface area contributed by atoms with E-state index in [-0.39, 0.29) is 6.54 Å². The molecule has 0 amide bonds. The van der Waals surface area contributed by atoms with Crippen molar-refractivity contribution in [1.82, 2.24) is 20.6 Å². The molecule has 0 aliphatic carbocycles. The summed E-state index contributed by atoms with van der Waals surface area (Å²) >= 11 is 0.947. The maximum absolute atomic E-state index is 12.5. The average Bonchev–Trinajstić information content (AvgIpc) is 3.04. The van der Waals surface area contributed by atoms with E-state index in [0.29, 0.717) is 23.4 Å². The lowest BCUT2D eigenvalue weighted by atomic mass is 10.2. The van der Waals surface area contributed by atoms with E-state index < -0.39 is 11.9 Å². The van der Waals surface area contributed by atoms with Crippen LogP contribution < -0.4 is 15.4 Å². The van der Waals surface area contributed by atoms with Crippen LogP contribution >= 0.6 is 11.3 Å². The minimum Gasteiger partial charge on any atom is -0.481 e. The van der Waals surface area contributed by atoms with Gasteiger partial charge in [-0.15, -0.1) is 11.3 Å². The number of alkyl halides is 3. The SMILES string of the molecule is CN=C(NCc1ccnc(OC)c1)NCc1nc(C(F)(F)F)cs1. The van der Waals surface area contributed by atoms with Crippen LogP contribution in [0.4, 0.5) is 13.2 Å². The third kappa shape index (κ3) is 5.08. The number of nitrogens with zero attached hydrogens (tertiary/aromatic N) is 3. The molecule has 0 saturated heterocycles. The fourth-order valence-corrected chi connectivity index (χ4v) is 2.50. The van der Waals surface area contributed by atoms with Crippen LogP contribution in [0.25, 0.3) is 0 Å². The Morgan fingerprint density at radius 1 is 1.33 bits per heavy atom. The van der Waals surface area contributed by atoms with Gasteiger partial charge in [-0.2, -0.15) is 13.2 Å². The summed E-state index contributed by atoms with van der Waals surface area (Å²) in [6, 6.07) is 3.59. The number of methoxy groups -OCH3 is 1. The number of pyridine rings is 1. The minimum absolute atomic E-state index is 0.153. The van der Waals surface area contributed by atoms with Crippen molar-refractivity contribution in [1.29, 1.82) is 0 Å². The largest absolute Gasteiger partial charge is 0.481 e. The Kier molecular flexibility index (Phi) is 5.96. The standard InChI is InChI=1S/C14H16F3N5OS/c1-18-13(20-6-9-3-4-19-11(5-9)23-2)21-7-12-22-10(8-24-12)14(15,16)17/h3-5,8H,6-7H2,1-2H3,(H2,18,20,21). The number of hydrogen-bond donors (Lipinski definition) is 2. The van der Waals surface area contributed by atoms with Gasteiger partial charge in [-0.3, -0.25) is 4.99 Å². The van der Waals surface area contributed by atoms with Crippen LogP contribution in [-0.2, 0) is 19.3 Å². The first kappa shape index (κ1) is 18.0. The van der Waals surface area contributed by atoms with Crippen LogP contribution in [0.15, 0.2) is 28.7 Å². The molecule has 130 valence electrons. The molecule has 2 heterocycles. The quantitative estimate of drug-likeness (QED) is 0.634. The van der Waals surface area contributed by atoms with Gasteiger partial charge in [-0.05, 0) is 11.6 Å². The van der Waals surface area contributed by atoms with Crippen molar-refractivity contribution in [3.8, 4) is 5.88 Å². The normalized spacial score (nSPS) is 12.1. The van der Waals surface area contributed by atoms with Crippen LogP contribution in [0.5, 0.6) is 5.88 Å². The van der Waals surface area contributed by atoms with E-state index in [1.54, 1.807) is 19.3 Å². The summed E-state index contributed by atoms with van der Waals surface area (Å²) < 4.78 is 42.6. The second kappa shape index (κ2) is 7.95. The Labute approximate surface area is 140 Å². The van der Waals surface area contributed by atoms with Crippen LogP contribution in [0.1, 0.15) is 16.3 Å². The predicted octanol–water partition coefficient (Wildman–Crippen LogP) is 2.43. The molecular formula is C14H16F3N5OS. The summed E-state index contributed by atoms with van der Waals surface area (Å²) in [5, 5.41) is 7.30. The molecule has 0 aromatic carbocycles. The Balaban J connectivity index is 1.87. The highest BCUT2D eigenvalue weighted by Crippen LogP contribution is 2.29. The molecule has 0 saturated carbocycles. The van der Waals surface area contributed by atoms with Gasteiger partial charge in [0.25, 0.3) is 0 Å². The number of nitrogens with one attached hydrogen (secondary N) is 2. The molecule has 0 bridgehead atoms. The maximum Gasteiger partial charge on any atom is 0.434 e. The minimum atomic E-state index is -4.42. The first-order valence-electron chi connectivity index (χ1n) is 6.87. The fourth-order valence-electron chi connectivity index (χ4n) is 1.76. The fraction of sp³-hybridized carbons (Fsp3) is 0.357. The molecule has 0 atom stereocenters. The molecule has 2 N–H and O–H groups in total. The van der Waals surface area contributed by atoms with Gasteiger partial charge in [0.05, 0.1) is 13.7 Å². The average molecular weight is 359 g/mol. The molecule has 0 fully saturated rings. The van der Waals surface area contributed by atoms with E-state index in [4.69, 9.17) is 4.74 Å². The summed E-state index contributed by atoms with van der Waals surface area (Å²) in [6.45, 7) is 0.615. The number of halogens is 3. The molecule has 0 unspecified atom stereocenters. The lowest BCUT2D eigenvalue weighted by molar-refractivity contribution is -0.140. The Bertz CT molecular complexity index is 702. The molecule has 0 aliphatic rings. The Morgan fingerprint density at radius 2 is 2.08 bits per heavy atom. The van der Waals surface area contributed by atoms with Gasteiger partial charge < -0.3 is 15.4 Å². The number of hydrogen-bond acceptors (Lipinski definition) is 5. The highest BCUT2D eigenvalue weighted by Gasteiger charge is 2.33. The van der Waals surface area contributed by atoms with Crippen LogP contribution in [0, 0.1) is 0 Å². The Morgan fingerprint density at radius 3 is 2.71 bits per heavy atom. The highest BCUT2D eigenvalue weighted by molar-refractivity contribution is 7.09. The molecule has 0 spiro atoms. The van der Waals surface area contributed by atoms with E-state index >= 15 is 0 Å². The zero-order valence-corrected chi connectivity index (χ0v) is 13.8. The molecular weight excluding hydrogens is 343 g/mol. The number of aromatic nitrogens is 2. The maximum atomic E-state index is 12.5. The number of thiazole rings is 1. The smallest absolute Gasteiger partial charge is 0.434 e. The van der Waals surface area contributed by atoms with Crippen molar-refractivity contribution in [2.24, 2.45) is 4.99 Å². The van der Waals surface area contributed by atoms with Gasteiger partial charge in [0.1, 0.15) is 5.01 Å². The van der Waals surface area contributed by atoms with Gasteiger partial charge in [-0.1, -0.05) is 0 Å². The molecule has 2 aromatic heterocycles. The number of aliphatic imine (C=N–C) groups is 1. The molecule has 24 heavy (non-hydrogen) atoms. The lowest BCUT2D eigenvalue weighted by Gasteiger charge is -2.11. The summed E-state index contributed by atoms with van der Waals surface area (Å²) in [6.07, 6.45) is -2.80. The second-order valence-electron chi connectivity index (χ2n) is 4.61. The summed E-state index contributed by atoms with van der Waals surface area (Å²) in [5.74, 6) is 0.953. The topological polar surface area (TPSA) is 71.4 Å². The second-order valence-corrected chi connectivity index (χ2v) is 5.55. The molecule has 0 aliphatic heterocycles. The number of ether oxygens (including phenoxy) is 1.